The quantitative estimate of drug-likeness (QED) is 0.413. The Morgan fingerprint density at radius 2 is 1.81 bits per heavy atom. The molecule has 0 aromatic heterocycles. The highest BCUT2D eigenvalue weighted by molar-refractivity contribution is 6.07. The summed E-state index contributed by atoms with van der Waals surface area (Å²) in [6.45, 7) is 1.74. The van der Waals surface area contributed by atoms with Crippen molar-refractivity contribution in [2.75, 3.05) is 19.0 Å². The number of phenolic OH excluding ortho intramolecular Hbond substituents is 1. The van der Waals surface area contributed by atoms with Crippen LogP contribution >= 0.6 is 0 Å². The second-order valence-corrected chi connectivity index (χ2v) is 6.81. The predicted molar refractivity (Wildman–Crippen MR) is 120 cm³/mol. The number of methoxy groups -OCH3 is 1. The Bertz CT molecular complexity index is 1120. The van der Waals surface area contributed by atoms with Crippen molar-refractivity contribution >= 4 is 23.5 Å². The lowest BCUT2D eigenvalue weighted by molar-refractivity contribution is -0.118. The van der Waals surface area contributed by atoms with Crippen molar-refractivity contribution in [1.82, 2.24) is 0 Å². The van der Waals surface area contributed by atoms with E-state index in [-0.39, 0.29) is 24.0 Å². The molecule has 0 unspecified atom stereocenters. The molecule has 3 rings (SSSR count). The molecule has 0 fully saturated rings. The largest absolute Gasteiger partial charge is 0.508 e. The first kappa shape index (κ1) is 21.6. The molecule has 0 bridgehead atoms. The van der Waals surface area contributed by atoms with E-state index in [4.69, 9.17) is 9.47 Å². The van der Waals surface area contributed by atoms with Gasteiger partial charge in [0.15, 0.2) is 23.9 Å². The van der Waals surface area contributed by atoms with E-state index in [1.165, 1.54) is 25.3 Å². The predicted octanol–water partition coefficient (Wildman–Crippen LogP) is 4.62. The number of amides is 1. The molecule has 0 saturated heterocycles. The molecule has 3 aromatic carbocycles. The Morgan fingerprint density at radius 1 is 1.00 bits per heavy atom. The maximum absolute atomic E-state index is 12.2. The lowest BCUT2D eigenvalue weighted by Crippen LogP contribution is -2.20. The average Bonchev–Trinajstić information content (AvgIpc) is 2.77. The van der Waals surface area contributed by atoms with Crippen molar-refractivity contribution in [3.8, 4) is 17.2 Å². The van der Waals surface area contributed by atoms with Gasteiger partial charge in [-0.1, -0.05) is 42.5 Å². The standard InChI is InChI=1S/C25H23NO5/c1-17-6-3-4-9-21(17)26-25(29)16-31-23-13-11-18(14-24(23)30-2)10-12-22(28)19-7-5-8-20(27)15-19/h3-15,27H,16H2,1-2H3,(H,26,29)/b12-10+. The zero-order valence-electron chi connectivity index (χ0n) is 17.3. The minimum Gasteiger partial charge on any atom is -0.508 e. The number of benzene rings is 3. The molecule has 2 N–H and O–H groups in total. The summed E-state index contributed by atoms with van der Waals surface area (Å²) in [6, 6.07) is 18.8. The van der Waals surface area contributed by atoms with Gasteiger partial charge in [0.1, 0.15) is 5.75 Å². The first-order valence-corrected chi connectivity index (χ1v) is 9.64. The second-order valence-electron chi connectivity index (χ2n) is 6.81. The minimum atomic E-state index is -0.281. The fourth-order valence-electron chi connectivity index (χ4n) is 2.88. The Balaban J connectivity index is 1.63. The monoisotopic (exact) mass is 417 g/mol. The zero-order valence-corrected chi connectivity index (χ0v) is 17.3. The van der Waals surface area contributed by atoms with Crippen molar-refractivity contribution in [2.45, 2.75) is 6.92 Å². The molecule has 0 radical (unpaired) electrons. The number of rotatable bonds is 8. The van der Waals surface area contributed by atoms with Crippen LogP contribution in [0.15, 0.2) is 72.8 Å². The van der Waals surface area contributed by atoms with Crippen LogP contribution in [0.1, 0.15) is 21.5 Å². The van der Waals surface area contributed by atoms with Gasteiger partial charge in [0.2, 0.25) is 0 Å². The van der Waals surface area contributed by atoms with E-state index >= 15 is 0 Å². The SMILES string of the molecule is COc1cc(/C=C/C(=O)c2cccc(O)c2)ccc1OCC(=O)Nc1ccccc1C. The topological polar surface area (TPSA) is 84.9 Å². The van der Waals surface area contributed by atoms with Gasteiger partial charge >= 0.3 is 0 Å². The molecule has 0 saturated carbocycles. The van der Waals surface area contributed by atoms with E-state index in [2.05, 4.69) is 5.32 Å². The van der Waals surface area contributed by atoms with Gasteiger partial charge in [-0.25, -0.2) is 0 Å². The van der Waals surface area contributed by atoms with Crippen molar-refractivity contribution in [3.05, 3.63) is 89.5 Å². The fourth-order valence-corrected chi connectivity index (χ4v) is 2.88. The highest BCUT2D eigenvalue weighted by atomic mass is 16.5. The van der Waals surface area contributed by atoms with Gasteiger partial charge < -0.3 is 19.9 Å². The van der Waals surface area contributed by atoms with Crippen LogP contribution in [-0.4, -0.2) is 30.5 Å². The molecule has 0 spiro atoms. The number of carbonyl (C=O) groups excluding carboxylic acids is 2. The molecule has 6 heteroatoms. The van der Waals surface area contributed by atoms with Gasteiger partial charge in [-0.3, -0.25) is 9.59 Å². The van der Waals surface area contributed by atoms with E-state index < -0.39 is 0 Å². The van der Waals surface area contributed by atoms with E-state index in [0.717, 1.165) is 16.8 Å². The number of allylic oxidation sites excluding steroid dienone is 1. The number of phenols is 1. The van der Waals surface area contributed by atoms with Crippen LogP contribution in [0.4, 0.5) is 5.69 Å². The average molecular weight is 417 g/mol. The summed E-state index contributed by atoms with van der Waals surface area (Å²) >= 11 is 0. The maximum atomic E-state index is 12.2. The van der Waals surface area contributed by atoms with Gasteiger partial charge in [-0.2, -0.15) is 0 Å². The van der Waals surface area contributed by atoms with Gasteiger partial charge in [-0.05, 0) is 54.5 Å². The molecule has 3 aromatic rings. The molecule has 158 valence electrons. The Labute approximate surface area is 180 Å². The molecule has 1 amide bonds. The van der Waals surface area contributed by atoms with Crippen molar-refractivity contribution in [1.29, 1.82) is 0 Å². The summed E-state index contributed by atoms with van der Waals surface area (Å²) in [5, 5.41) is 12.3. The summed E-state index contributed by atoms with van der Waals surface area (Å²) in [5.41, 5.74) is 2.81. The summed E-state index contributed by atoms with van der Waals surface area (Å²) in [4.78, 5) is 24.4. The normalized spacial score (nSPS) is 10.6. The lowest BCUT2D eigenvalue weighted by Gasteiger charge is -2.12. The maximum Gasteiger partial charge on any atom is 0.262 e. The lowest BCUT2D eigenvalue weighted by atomic mass is 10.1. The number of ether oxygens (including phenoxy) is 2. The van der Waals surface area contributed by atoms with Crippen LogP contribution < -0.4 is 14.8 Å². The molecule has 31 heavy (non-hydrogen) atoms. The molecule has 6 nitrogen and oxygen atoms in total. The van der Waals surface area contributed by atoms with Gasteiger partial charge in [-0.15, -0.1) is 0 Å². The van der Waals surface area contributed by atoms with Gasteiger partial charge in [0.25, 0.3) is 5.91 Å². The number of ketones is 1. The fraction of sp³-hybridized carbons (Fsp3) is 0.120. The Morgan fingerprint density at radius 3 is 2.55 bits per heavy atom. The van der Waals surface area contributed by atoms with Crippen LogP contribution in [-0.2, 0) is 4.79 Å². The third-order valence-electron chi connectivity index (χ3n) is 4.52. The first-order chi connectivity index (χ1) is 15.0. The number of aromatic hydroxyl groups is 1. The van der Waals surface area contributed by atoms with Crippen LogP contribution in [0.3, 0.4) is 0 Å². The van der Waals surface area contributed by atoms with E-state index in [1.807, 2.05) is 31.2 Å². The third kappa shape index (κ3) is 5.96. The minimum absolute atomic E-state index is 0.0360. The van der Waals surface area contributed by atoms with Crippen LogP contribution in [0.25, 0.3) is 6.08 Å². The summed E-state index contributed by atoms with van der Waals surface area (Å²) < 4.78 is 11.0. The van der Waals surface area contributed by atoms with Crippen LogP contribution in [0.2, 0.25) is 0 Å². The smallest absolute Gasteiger partial charge is 0.262 e. The number of hydrogen-bond donors (Lipinski definition) is 2. The number of para-hydroxylation sites is 1. The Kier molecular flexibility index (Phi) is 7.06. The number of nitrogens with one attached hydrogen (secondary N) is 1. The number of anilines is 1. The molecule has 0 aliphatic heterocycles. The molecule has 0 heterocycles. The zero-order chi connectivity index (χ0) is 22.2. The summed E-state index contributed by atoms with van der Waals surface area (Å²) in [6.07, 6.45) is 3.06. The van der Waals surface area contributed by atoms with Crippen LogP contribution in [0.5, 0.6) is 17.2 Å². The molecule has 0 atom stereocenters. The molecular formula is C25H23NO5. The molecule has 0 aliphatic carbocycles. The molecule has 0 aliphatic rings. The number of aryl methyl sites for hydroxylation is 1. The van der Waals surface area contributed by atoms with E-state index in [0.29, 0.717) is 17.1 Å². The van der Waals surface area contributed by atoms with Gasteiger partial charge in [0.05, 0.1) is 7.11 Å². The van der Waals surface area contributed by atoms with Crippen LogP contribution in [0, 0.1) is 6.92 Å². The third-order valence-corrected chi connectivity index (χ3v) is 4.52. The summed E-state index contributed by atoms with van der Waals surface area (Å²) in [7, 11) is 1.50. The molecular weight excluding hydrogens is 394 g/mol. The van der Waals surface area contributed by atoms with Crippen molar-refractivity contribution in [3.63, 3.8) is 0 Å². The number of hydrogen-bond acceptors (Lipinski definition) is 5. The van der Waals surface area contributed by atoms with Crippen molar-refractivity contribution < 1.29 is 24.2 Å². The Hall–Kier alpha value is -4.06. The highest BCUT2D eigenvalue weighted by Gasteiger charge is 2.10. The van der Waals surface area contributed by atoms with E-state index in [1.54, 1.807) is 36.4 Å². The van der Waals surface area contributed by atoms with Crippen molar-refractivity contribution in [2.24, 2.45) is 0 Å². The van der Waals surface area contributed by atoms with E-state index in [9.17, 15) is 14.7 Å². The first-order valence-electron chi connectivity index (χ1n) is 9.64. The summed E-state index contributed by atoms with van der Waals surface area (Å²) in [5.74, 6) is 0.378. The second kappa shape index (κ2) is 10.1. The number of carbonyl (C=O) groups is 2. The highest BCUT2D eigenvalue weighted by Crippen LogP contribution is 2.28. The van der Waals surface area contributed by atoms with Gasteiger partial charge in [0, 0.05) is 11.3 Å².